The van der Waals surface area contributed by atoms with Gasteiger partial charge in [-0.1, -0.05) is 18.2 Å². The van der Waals surface area contributed by atoms with Crippen LogP contribution in [0.1, 0.15) is 5.56 Å². The van der Waals surface area contributed by atoms with Crippen LogP contribution in [0.3, 0.4) is 0 Å². The highest BCUT2D eigenvalue weighted by molar-refractivity contribution is 8.00. The number of amides is 2. The summed E-state index contributed by atoms with van der Waals surface area (Å²) in [5, 5.41) is -0.301. The molecule has 3 rings (SSSR count). The van der Waals surface area contributed by atoms with Crippen LogP contribution in [0.2, 0.25) is 0 Å². The maximum absolute atomic E-state index is 12.8. The van der Waals surface area contributed by atoms with Gasteiger partial charge in [0, 0.05) is 5.75 Å². The first kappa shape index (κ1) is 20.7. The lowest BCUT2D eigenvalue weighted by atomic mass is 10.0. The van der Waals surface area contributed by atoms with Crippen molar-refractivity contribution in [1.29, 1.82) is 0 Å². The van der Waals surface area contributed by atoms with Crippen LogP contribution < -0.4 is 16.2 Å². The standard InChI is InChI=1S/C19H21N3O6S/c1-26-13-6-4-11(5-7-13)9-28-18(24)15-12(3-2-8-27-19(21)25)10-29-17-14(20)16(23)22(15)17/h2-7,14,17H,8-10,20H2,1H3,(H2,21,25)/b3-2+/t14-,17-/m1/s1. The smallest absolute Gasteiger partial charge is 0.404 e. The van der Waals surface area contributed by atoms with Gasteiger partial charge < -0.3 is 25.7 Å². The van der Waals surface area contributed by atoms with Crippen molar-refractivity contribution in [3.63, 3.8) is 0 Å². The first-order chi connectivity index (χ1) is 13.9. The van der Waals surface area contributed by atoms with Crippen molar-refractivity contribution >= 4 is 29.7 Å². The van der Waals surface area contributed by atoms with E-state index < -0.39 is 18.1 Å². The number of hydrogen-bond donors (Lipinski definition) is 2. The van der Waals surface area contributed by atoms with Gasteiger partial charge in [0.15, 0.2) is 0 Å². The summed E-state index contributed by atoms with van der Waals surface area (Å²) in [6.45, 7) is -0.00539. The molecular formula is C19H21N3O6S. The maximum atomic E-state index is 12.8. The highest BCUT2D eigenvalue weighted by Gasteiger charge is 2.51. The molecule has 0 unspecified atom stereocenters. The first-order valence-corrected chi connectivity index (χ1v) is 9.79. The van der Waals surface area contributed by atoms with Gasteiger partial charge in [-0.05, 0) is 29.3 Å². The van der Waals surface area contributed by atoms with Gasteiger partial charge in [0.25, 0.3) is 0 Å². The van der Waals surface area contributed by atoms with E-state index >= 15 is 0 Å². The SMILES string of the molecule is COc1ccc(COC(=O)C2=C(/C=C/COC(N)=O)CS[C@@H]3[C@H](N)C(=O)N23)cc1. The van der Waals surface area contributed by atoms with Crippen LogP contribution in [-0.4, -0.2) is 53.8 Å². The van der Waals surface area contributed by atoms with Crippen LogP contribution in [0.5, 0.6) is 5.75 Å². The minimum absolute atomic E-state index is 0.0417. The molecule has 2 aliphatic heterocycles. The number of nitrogens with two attached hydrogens (primary N) is 2. The number of methoxy groups -OCH3 is 1. The van der Waals surface area contributed by atoms with Crippen molar-refractivity contribution in [3.8, 4) is 5.75 Å². The molecule has 2 heterocycles. The topological polar surface area (TPSA) is 134 Å². The summed E-state index contributed by atoms with van der Waals surface area (Å²) in [6, 6.07) is 6.45. The first-order valence-electron chi connectivity index (χ1n) is 8.74. The number of carbonyl (C=O) groups excluding carboxylic acids is 3. The summed E-state index contributed by atoms with van der Waals surface area (Å²) in [7, 11) is 1.57. The Kier molecular flexibility index (Phi) is 6.45. The Labute approximate surface area is 171 Å². The number of hydrogen-bond acceptors (Lipinski definition) is 8. The number of primary amides is 1. The van der Waals surface area contributed by atoms with Crippen molar-refractivity contribution in [2.24, 2.45) is 11.5 Å². The number of carbonyl (C=O) groups is 3. The molecule has 0 saturated carbocycles. The Morgan fingerprint density at radius 2 is 2.00 bits per heavy atom. The third kappa shape index (κ3) is 4.54. The van der Waals surface area contributed by atoms with Crippen molar-refractivity contribution in [2.45, 2.75) is 18.0 Å². The molecule has 0 aliphatic carbocycles. The minimum Gasteiger partial charge on any atom is -0.497 e. The average Bonchev–Trinajstić information content (AvgIpc) is 2.74. The van der Waals surface area contributed by atoms with Crippen LogP contribution in [-0.2, 0) is 25.7 Å². The van der Waals surface area contributed by atoms with E-state index in [0.29, 0.717) is 17.1 Å². The largest absolute Gasteiger partial charge is 0.497 e. The van der Waals surface area contributed by atoms with E-state index in [1.807, 2.05) is 0 Å². The molecule has 0 bridgehead atoms. The highest BCUT2D eigenvalue weighted by atomic mass is 32.2. The lowest BCUT2D eigenvalue weighted by Gasteiger charge is -2.48. The zero-order valence-corrected chi connectivity index (χ0v) is 16.5. The molecule has 154 valence electrons. The van der Waals surface area contributed by atoms with Gasteiger partial charge in [0.1, 0.15) is 36.1 Å². The van der Waals surface area contributed by atoms with Crippen LogP contribution >= 0.6 is 11.8 Å². The second-order valence-corrected chi connectivity index (χ2v) is 7.37. The predicted octanol–water partition coefficient (Wildman–Crippen LogP) is 0.886. The minimum atomic E-state index is -0.898. The summed E-state index contributed by atoms with van der Waals surface area (Å²) in [5.74, 6) is 0.197. The lowest BCUT2D eigenvalue weighted by Crippen LogP contribution is -2.68. The lowest BCUT2D eigenvalue weighted by molar-refractivity contribution is -0.151. The average molecular weight is 419 g/mol. The number of β-lactam (4-membered cyclic amide) rings is 1. The summed E-state index contributed by atoms with van der Waals surface area (Å²) in [6.07, 6.45) is 2.26. The second-order valence-electron chi connectivity index (χ2n) is 6.27. The highest BCUT2D eigenvalue weighted by Crippen LogP contribution is 2.40. The number of benzene rings is 1. The summed E-state index contributed by atoms with van der Waals surface area (Å²) < 4.78 is 15.2. The van der Waals surface area contributed by atoms with Gasteiger partial charge in [-0.25, -0.2) is 9.59 Å². The van der Waals surface area contributed by atoms with E-state index in [1.165, 1.54) is 16.7 Å². The molecule has 0 aromatic heterocycles. The van der Waals surface area contributed by atoms with Gasteiger partial charge in [0.2, 0.25) is 5.91 Å². The van der Waals surface area contributed by atoms with Gasteiger partial charge in [-0.2, -0.15) is 0 Å². The van der Waals surface area contributed by atoms with Gasteiger partial charge in [-0.3, -0.25) is 9.69 Å². The zero-order chi connectivity index (χ0) is 21.0. The molecule has 0 radical (unpaired) electrons. The molecule has 1 saturated heterocycles. The zero-order valence-electron chi connectivity index (χ0n) is 15.7. The third-order valence-electron chi connectivity index (χ3n) is 4.40. The molecule has 10 heteroatoms. The third-order valence-corrected chi connectivity index (χ3v) is 5.73. The van der Waals surface area contributed by atoms with Crippen LogP contribution in [0, 0.1) is 0 Å². The Morgan fingerprint density at radius 3 is 2.66 bits per heavy atom. The Morgan fingerprint density at radius 1 is 1.28 bits per heavy atom. The number of esters is 1. The van der Waals surface area contributed by atoms with Crippen molar-refractivity contribution in [2.75, 3.05) is 19.5 Å². The van der Waals surface area contributed by atoms with Gasteiger partial charge >= 0.3 is 12.1 Å². The molecule has 0 spiro atoms. The van der Waals surface area contributed by atoms with Crippen molar-refractivity contribution in [1.82, 2.24) is 4.90 Å². The molecule has 4 N–H and O–H groups in total. The number of thioether (sulfide) groups is 1. The molecule has 9 nitrogen and oxygen atoms in total. The fraction of sp³-hybridized carbons (Fsp3) is 0.316. The van der Waals surface area contributed by atoms with Crippen LogP contribution in [0.4, 0.5) is 4.79 Å². The number of fused-ring (bicyclic) bond motifs is 1. The van der Waals surface area contributed by atoms with E-state index in [-0.39, 0.29) is 30.2 Å². The number of rotatable bonds is 7. The van der Waals surface area contributed by atoms with E-state index in [0.717, 1.165) is 5.56 Å². The van der Waals surface area contributed by atoms with Gasteiger partial charge in [0.05, 0.1) is 7.11 Å². The van der Waals surface area contributed by atoms with Gasteiger partial charge in [-0.15, -0.1) is 11.8 Å². The molecule has 2 aliphatic rings. The van der Waals surface area contributed by atoms with Crippen molar-refractivity contribution < 1.29 is 28.6 Å². The number of nitrogens with zero attached hydrogens (tertiary/aromatic N) is 1. The quantitative estimate of drug-likeness (QED) is 0.491. The molecule has 1 aromatic carbocycles. The summed E-state index contributed by atoms with van der Waals surface area (Å²) >= 11 is 1.45. The van der Waals surface area contributed by atoms with Crippen molar-refractivity contribution in [3.05, 3.63) is 53.3 Å². The molecule has 1 aromatic rings. The monoisotopic (exact) mass is 419 g/mol. The predicted molar refractivity (Wildman–Crippen MR) is 106 cm³/mol. The fourth-order valence-corrected chi connectivity index (χ4v) is 4.18. The number of ether oxygens (including phenoxy) is 3. The summed E-state index contributed by atoms with van der Waals surface area (Å²) in [4.78, 5) is 37.1. The maximum Gasteiger partial charge on any atom is 0.404 e. The fourth-order valence-electron chi connectivity index (χ4n) is 2.92. The molecule has 2 atom stereocenters. The Balaban J connectivity index is 1.75. The number of allylic oxidation sites excluding steroid dienone is 1. The summed E-state index contributed by atoms with van der Waals surface area (Å²) in [5.41, 5.74) is 12.3. The molecule has 1 fully saturated rings. The molecule has 29 heavy (non-hydrogen) atoms. The molecular weight excluding hydrogens is 398 g/mol. The normalized spacial score (nSPS) is 20.9. The van der Waals surface area contributed by atoms with E-state index in [2.05, 4.69) is 4.74 Å². The molecule has 2 amide bonds. The van der Waals surface area contributed by atoms with E-state index in [4.69, 9.17) is 20.9 Å². The van der Waals surface area contributed by atoms with Crippen LogP contribution in [0.25, 0.3) is 0 Å². The second kappa shape index (κ2) is 9.01. The van der Waals surface area contributed by atoms with E-state index in [9.17, 15) is 14.4 Å². The van der Waals surface area contributed by atoms with E-state index in [1.54, 1.807) is 43.5 Å². The Bertz CT molecular complexity index is 867. The van der Waals surface area contributed by atoms with Crippen LogP contribution in [0.15, 0.2) is 47.7 Å². The Hall–Kier alpha value is -2.98.